The van der Waals surface area contributed by atoms with Gasteiger partial charge in [0.25, 0.3) is 0 Å². The minimum Gasteiger partial charge on any atom is -0.327 e. The van der Waals surface area contributed by atoms with E-state index in [2.05, 4.69) is 37.9 Å². The molecule has 0 saturated heterocycles. The fourth-order valence-electron chi connectivity index (χ4n) is 1.44. The molecule has 92 valence electrons. The summed E-state index contributed by atoms with van der Waals surface area (Å²) in [7, 11) is 1.86. The van der Waals surface area contributed by atoms with E-state index in [1.807, 2.05) is 7.05 Å². The molecular formula is C14H26N2. The monoisotopic (exact) mass is 222 g/mol. The minimum absolute atomic E-state index is 0.653. The Hall–Kier alpha value is -0.890. The Morgan fingerprint density at radius 1 is 1.00 bits per heavy atom. The molecule has 2 N–H and O–H groups in total. The van der Waals surface area contributed by atoms with E-state index in [0.717, 1.165) is 25.7 Å². The third-order valence-electron chi connectivity index (χ3n) is 2.76. The van der Waals surface area contributed by atoms with Gasteiger partial charge < -0.3 is 5.73 Å². The molecule has 0 amide bonds. The van der Waals surface area contributed by atoms with E-state index in [1.54, 1.807) is 0 Å². The second-order valence-corrected chi connectivity index (χ2v) is 4.33. The highest BCUT2D eigenvalue weighted by molar-refractivity contribution is 5.81. The third-order valence-corrected chi connectivity index (χ3v) is 2.76. The van der Waals surface area contributed by atoms with Gasteiger partial charge in [0.15, 0.2) is 0 Å². The number of allylic oxidation sites excluding steroid dienone is 3. The highest BCUT2D eigenvalue weighted by Crippen LogP contribution is 2.10. The van der Waals surface area contributed by atoms with Gasteiger partial charge in [0, 0.05) is 19.3 Å². The van der Waals surface area contributed by atoms with Crippen molar-refractivity contribution >= 4 is 5.71 Å². The zero-order valence-electron chi connectivity index (χ0n) is 11.2. The molecule has 0 atom stereocenters. The van der Waals surface area contributed by atoms with Gasteiger partial charge in [-0.3, -0.25) is 4.99 Å². The summed E-state index contributed by atoms with van der Waals surface area (Å²) in [5.74, 6) is 0. The van der Waals surface area contributed by atoms with Crippen LogP contribution in [0.4, 0.5) is 0 Å². The van der Waals surface area contributed by atoms with E-state index in [4.69, 9.17) is 5.73 Å². The molecule has 0 rings (SSSR count). The molecule has 0 aromatic rings. The summed E-state index contributed by atoms with van der Waals surface area (Å²) < 4.78 is 0. The van der Waals surface area contributed by atoms with Crippen LogP contribution < -0.4 is 5.73 Å². The molecule has 0 saturated carbocycles. The van der Waals surface area contributed by atoms with Gasteiger partial charge in [-0.05, 0) is 46.5 Å². The first-order valence-electron chi connectivity index (χ1n) is 6.03. The lowest BCUT2D eigenvalue weighted by Gasteiger charge is -2.02. The molecule has 0 aromatic carbocycles. The molecule has 0 aliphatic heterocycles. The van der Waals surface area contributed by atoms with Gasteiger partial charge in [0.05, 0.1) is 0 Å². The second kappa shape index (κ2) is 9.34. The van der Waals surface area contributed by atoms with Crippen molar-refractivity contribution in [1.29, 1.82) is 0 Å². The van der Waals surface area contributed by atoms with Gasteiger partial charge in [-0.25, -0.2) is 0 Å². The average molecular weight is 222 g/mol. The van der Waals surface area contributed by atoms with Crippen molar-refractivity contribution in [1.82, 2.24) is 0 Å². The largest absolute Gasteiger partial charge is 0.327 e. The maximum absolute atomic E-state index is 5.45. The Labute approximate surface area is 100 Å². The fraction of sp³-hybridized carbons (Fsp3) is 0.643. The summed E-state index contributed by atoms with van der Waals surface area (Å²) in [6.45, 7) is 7.08. The van der Waals surface area contributed by atoms with Gasteiger partial charge in [0.1, 0.15) is 0 Å². The van der Waals surface area contributed by atoms with Crippen LogP contribution in [-0.2, 0) is 0 Å². The van der Waals surface area contributed by atoms with Crippen molar-refractivity contribution in [3.8, 4) is 0 Å². The number of nitrogens with two attached hydrogens (primary N) is 1. The quantitative estimate of drug-likeness (QED) is 0.519. The van der Waals surface area contributed by atoms with E-state index >= 15 is 0 Å². The topological polar surface area (TPSA) is 38.4 Å². The molecule has 0 spiro atoms. The summed E-state index contributed by atoms with van der Waals surface area (Å²) in [4.78, 5) is 4.16. The molecule has 16 heavy (non-hydrogen) atoms. The Morgan fingerprint density at radius 3 is 2.19 bits per heavy atom. The lowest BCUT2D eigenvalue weighted by molar-refractivity contribution is 0.926. The van der Waals surface area contributed by atoms with E-state index in [1.165, 1.54) is 16.9 Å². The fourth-order valence-corrected chi connectivity index (χ4v) is 1.44. The Morgan fingerprint density at radius 2 is 1.62 bits per heavy atom. The van der Waals surface area contributed by atoms with Gasteiger partial charge in [-0.2, -0.15) is 0 Å². The Kier molecular flexibility index (Phi) is 8.82. The molecule has 0 aliphatic rings. The molecule has 0 heterocycles. The first kappa shape index (κ1) is 15.1. The summed E-state index contributed by atoms with van der Waals surface area (Å²) >= 11 is 0. The average Bonchev–Trinajstić information content (AvgIpc) is 2.26. The maximum atomic E-state index is 5.45. The molecular weight excluding hydrogens is 196 g/mol. The van der Waals surface area contributed by atoms with Gasteiger partial charge >= 0.3 is 0 Å². The van der Waals surface area contributed by atoms with Crippen molar-refractivity contribution < 1.29 is 0 Å². The minimum atomic E-state index is 0.653. The number of hydrogen-bond donors (Lipinski definition) is 1. The van der Waals surface area contributed by atoms with Crippen LogP contribution in [0.3, 0.4) is 0 Å². The second-order valence-electron chi connectivity index (χ2n) is 4.33. The number of rotatable bonds is 7. The van der Waals surface area contributed by atoms with Crippen molar-refractivity contribution in [2.24, 2.45) is 10.7 Å². The molecule has 0 radical (unpaired) electrons. The lowest BCUT2D eigenvalue weighted by Crippen LogP contribution is -1.94. The van der Waals surface area contributed by atoms with E-state index in [-0.39, 0.29) is 0 Å². The highest BCUT2D eigenvalue weighted by atomic mass is 14.7. The number of nitrogens with zero attached hydrogens (tertiary/aromatic N) is 1. The van der Waals surface area contributed by atoms with Crippen LogP contribution in [0.15, 0.2) is 28.3 Å². The summed E-state index contributed by atoms with van der Waals surface area (Å²) in [5, 5.41) is 0. The van der Waals surface area contributed by atoms with E-state index < -0.39 is 0 Å². The van der Waals surface area contributed by atoms with Crippen LogP contribution >= 0.6 is 0 Å². The van der Waals surface area contributed by atoms with Crippen LogP contribution in [0, 0.1) is 0 Å². The maximum Gasteiger partial charge on any atom is 0.0276 e. The van der Waals surface area contributed by atoms with Crippen LogP contribution in [-0.4, -0.2) is 19.3 Å². The van der Waals surface area contributed by atoms with Crippen LogP contribution in [0.5, 0.6) is 0 Å². The Bertz CT molecular complexity index is 272. The standard InChI is InChI=1S/C14H26N2/c1-12(8-9-14(3)16-4)6-5-7-13(2)10-11-15/h6,10H,5,7-9,11,15H2,1-4H3/b12-6+,13-10+,16-14?. The lowest BCUT2D eigenvalue weighted by atomic mass is 10.1. The molecule has 0 unspecified atom stereocenters. The first-order valence-corrected chi connectivity index (χ1v) is 6.03. The van der Waals surface area contributed by atoms with Crippen LogP contribution in [0.25, 0.3) is 0 Å². The van der Waals surface area contributed by atoms with Crippen LogP contribution in [0.2, 0.25) is 0 Å². The molecule has 0 fully saturated rings. The molecule has 0 bridgehead atoms. The van der Waals surface area contributed by atoms with Crippen molar-refractivity contribution in [2.45, 2.75) is 46.5 Å². The smallest absolute Gasteiger partial charge is 0.0276 e. The van der Waals surface area contributed by atoms with Gasteiger partial charge in [-0.15, -0.1) is 0 Å². The van der Waals surface area contributed by atoms with E-state index in [0.29, 0.717) is 6.54 Å². The highest BCUT2D eigenvalue weighted by Gasteiger charge is 1.94. The molecule has 2 nitrogen and oxygen atoms in total. The van der Waals surface area contributed by atoms with Crippen molar-refractivity contribution in [2.75, 3.05) is 13.6 Å². The SMILES string of the molecule is CN=C(C)CC/C(C)=C/CC/C(C)=C/CN. The predicted octanol–water partition coefficient (Wildman–Crippen LogP) is 3.49. The summed E-state index contributed by atoms with van der Waals surface area (Å²) in [6, 6.07) is 0. The predicted molar refractivity (Wildman–Crippen MR) is 74.1 cm³/mol. The van der Waals surface area contributed by atoms with Gasteiger partial charge in [0.2, 0.25) is 0 Å². The molecule has 0 aliphatic carbocycles. The number of aliphatic imine (C=N–C) groups is 1. The van der Waals surface area contributed by atoms with E-state index in [9.17, 15) is 0 Å². The summed E-state index contributed by atoms with van der Waals surface area (Å²) in [5.41, 5.74) is 9.53. The van der Waals surface area contributed by atoms with Crippen LogP contribution in [0.1, 0.15) is 46.5 Å². The zero-order chi connectivity index (χ0) is 12.4. The third kappa shape index (κ3) is 8.42. The normalized spacial score (nSPS) is 14.4. The zero-order valence-corrected chi connectivity index (χ0v) is 11.2. The van der Waals surface area contributed by atoms with Gasteiger partial charge in [-0.1, -0.05) is 23.3 Å². The first-order chi connectivity index (χ1) is 7.60. The Balaban J connectivity index is 3.83. The number of hydrogen-bond acceptors (Lipinski definition) is 2. The van der Waals surface area contributed by atoms with Crippen molar-refractivity contribution in [3.63, 3.8) is 0 Å². The molecule has 2 heteroatoms. The van der Waals surface area contributed by atoms with Crippen molar-refractivity contribution in [3.05, 3.63) is 23.3 Å². The summed E-state index contributed by atoms with van der Waals surface area (Å²) in [6.07, 6.45) is 8.87. The molecule has 0 aromatic heterocycles.